The second-order valence-corrected chi connectivity index (χ2v) is 5.34. The van der Waals surface area contributed by atoms with Crippen LogP contribution in [-0.2, 0) is 13.5 Å². The van der Waals surface area contributed by atoms with Crippen molar-refractivity contribution >= 4 is 11.7 Å². The molecule has 0 spiro atoms. The third kappa shape index (κ3) is 4.05. The Morgan fingerprint density at radius 3 is 2.67 bits per heavy atom. The summed E-state index contributed by atoms with van der Waals surface area (Å²) in [5, 5.41) is 10.0. The molecule has 0 unspecified atom stereocenters. The predicted molar refractivity (Wildman–Crippen MR) is 73.7 cm³/mol. The quantitative estimate of drug-likeness (QED) is 0.846. The lowest BCUT2D eigenvalue weighted by molar-refractivity contribution is 0.244. The number of nitrogens with zero attached hydrogens (tertiary/aromatic N) is 2. The molecule has 5 heteroatoms. The van der Waals surface area contributed by atoms with Crippen molar-refractivity contribution in [3.05, 3.63) is 11.9 Å². The summed E-state index contributed by atoms with van der Waals surface area (Å²) in [6, 6.07) is -0.167. The maximum atomic E-state index is 11.8. The minimum Gasteiger partial charge on any atom is -0.337 e. The van der Waals surface area contributed by atoms with Gasteiger partial charge in [0.2, 0.25) is 0 Å². The van der Waals surface area contributed by atoms with Crippen LogP contribution >= 0.6 is 0 Å². The van der Waals surface area contributed by atoms with Crippen LogP contribution in [0, 0.1) is 5.41 Å². The molecule has 0 fully saturated rings. The van der Waals surface area contributed by atoms with Gasteiger partial charge in [-0.1, -0.05) is 27.7 Å². The second kappa shape index (κ2) is 5.89. The van der Waals surface area contributed by atoms with Gasteiger partial charge in [-0.05, 0) is 18.3 Å². The highest BCUT2D eigenvalue weighted by Gasteiger charge is 2.16. The first kappa shape index (κ1) is 14.5. The average Bonchev–Trinajstić information content (AvgIpc) is 2.67. The lowest BCUT2D eigenvalue weighted by Gasteiger charge is -2.22. The standard InChI is InChI=1S/C13H24N4O/c1-6-10-11(8-17(5)16-10)15-12(18)14-9-13(3,4)7-2/h8H,6-7,9H2,1-5H3,(H2,14,15,18). The molecule has 0 saturated heterocycles. The molecule has 0 aliphatic carbocycles. The highest BCUT2D eigenvalue weighted by Crippen LogP contribution is 2.18. The van der Waals surface area contributed by atoms with Gasteiger partial charge in [0, 0.05) is 19.8 Å². The smallest absolute Gasteiger partial charge is 0.319 e. The van der Waals surface area contributed by atoms with Gasteiger partial charge in [-0.25, -0.2) is 4.79 Å². The van der Waals surface area contributed by atoms with Gasteiger partial charge in [0.25, 0.3) is 0 Å². The van der Waals surface area contributed by atoms with E-state index in [0.29, 0.717) is 6.54 Å². The van der Waals surface area contributed by atoms with Gasteiger partial charge in [-0.2, -0.15) is 5.10 Å². The van der Waals surface area contributed by atoms with Crippen LogP contribution in [0.25, 0.3) is 0 Å². The lowest BCUT2D eigenvalue weighted by Crippen LogP contribution is -2.36. The fourth-order valence-electron chi connectivity index (χ4n) is 1.51. The number of nitrogens with one attached hydrogen (secondary N) is 2. The van der Waals surface area contributed by atoms with E-state index in [4.69, 9.17) is 0 Å². The van der Waals surface area contributed by atoms with Gasteiger partial charge < -0.3 is 10.6 Å². The Morgan fingerprint density at radius 2 is 2.11 bits per heavy atom. The van der Waals surface area contributed by atoms with Crippen molar-refractivity contribution in [1.29, 1.82) is 0 Å². The summed E-state index contributed by atoms with van der Waals surface area (Å²) in [4.78, 5) is 11.8. The fourth-order valence-corrected chi connectivity index (χ4v) is 1.51. The number of carbonyl (C=O) groups excluding carboxylic acids is 1. The second-order valence-electron chi connectivity index (χ2n) is 5.34. The third-order valence-electron chi connectivity index (χ3n) is 3.17. The first-order valence-electron chi connectivity index (χ1n) is 6.45. The Morgan fingerprint density at radius 1 is 1.44 bits per heavy atom. The Bertz CT molecular complexity index is 409. The van der Waals surface area contributed by atoms with Crippen molar-refractivity contribution < 1.29 is 4.79 Å². The number of hydrogen-bond donors (Lipinski definition) is 2. The van der Waals surface area contributed by atoms with Crippen LogP contribution in [0.2, 0.25) is 0 Å². The van der Waals surface area contributed by atoms with Gasteiger partial charge in [-0.3, -0.25) is 4.68 Å². The minimum absolute atomic E-state index is 0.125. The molecule has 0 aromatic carbocycles. The Kier molecular flexibility index (Phi) is 4.76. The van der Waals surface area contributed by atoms with Gasteiger partial charge in [0.1, 0.15) is 0 Å². The van der Waals surface area contributed by atoms with Crippen molar-refractivity contribution in [3.63, 3.8) is 0 Å². The molecule has 1 aromatic heterocycles. The van der Waals surface area contributed by atoms with Crippen LogP contribution in [0.4, 0.5) is 10.5 Å². The zero-order valence-corrected chi connectivity index (χ0v) is 12.0. The number of rotatable bonds is 5. The number of amides is 2. The van der Waals surface area contributed by atoms with E-state index in [1.807, 2.05) is 20.2 Å². The van der Waals surface area contributed by atoms with Crippen LogP contribution in [0.1, 0.15) is 39.8 Å². The Hall–Kier alpha value is -1.52. The zero-order chi connectivity index (χ0) is 13.8. The zero-order valence-electron chi connectivity index (χ0n) is 12.0. The van der Waals surface area contributed by atoms with E-state index in [2.05, 4.69) is 36.5 Å². The molecule has 2 N–H and O–H groups in total. The van der Waals surface area contributed by atoms with Crippen molar-refractivity contribution in [2.24, 2.45) is 12.5 Å². The van der Waals surface area contributed by atoms with E-state index in [9.17, 15) is 4.79 Å². The van der Waals surface area contributed by atoms with Crippen molar-refractivity contribution in [2.75, 3.05) is 11.9 Å². The summed E-state index contributed by atoms with van der Waals surface area (Å²) in [7, 11) is 1.85. The summed E-state index contributed by atoms with van der Waals surface area (Å²) in [6.07, 6.45) is 3.65. The van der Waals surface area contributed by atoms with E-state index < -0.39 is 0 Å². The molecular formula is C13H24N4O. The lowest BCUT2D eigenvalue weighted by atomic mass is 9.90. The number of hydrogen-bond acceptors (Lipinski definition) is 2. The Labute approximate surface area is 109 Å². The number of aromatic nitrogens is 2. The molecule has 0 radical (unpaired) electrons. The molecule has 0 aliphatic rings. The molecule has 0 aliphatic heterocycles. The van der Waals surface area contributed by atoms with E-state index in [1.165, 1.54) is 0 Å². The first-order chi connectivity index (χ1) is 8.38. The summed E-state index contributed by atoms with van der Waals surface area (Å²) in [5.41, 5.74) is 1.81. The normalized spacial score (nSPS) is 11.4. The van der Waals surface area contributed by atoms with Gasteiger partial charge in [-0.15, -0.1) is 0 Å². The minimum atomic E-state index is -0.167. The molecule has 1 rings (SSSR count). The van der Waals surface area contributed by atoms with Crippen molar-refractivity contribution in [1.82, 2.24) is 15.1 Å². The van der Waals surface area contributed by atoms with Gasteiger partial charge in [0.05, 0.1) is 11.4 Å². The number of anilines is 1. The van der Waals surface area contributed by atoms with Crippen LogP contribution in [0.3, 0.4) is 0 Å². The van der Waals surface area contributed by atoms with E-state index in [1.54, 1.807) is 4.68 Å². The SMILES string of the molecule is CCc1nn(C)cc1NC(=O)NCC(C)(C)CC. The maximum Gasteiger partial charge on any atom is 0.319 e. The monoisotopic (exact) mass is 252 g/mol. The number of urea groups is 1. The van der Waals surface area contributed by atoms with Crippen LogP contribution in [0.15, 0.2) is 6.20 Å². The molecule has 102 valence electrons. The molecule has 0 saturated carbocycles. The highest BCUT2D eigenvalue weighted by molar-refractivity contribution is 5.89. The number of aryl methyl sites for hydroxylation is 2. The van der Waals surface area contributed by atoms with Crippen LogP contribution in [-0.4, -0.2) is 22.4 Å². The van der Waals surface area contributed by atoms with E-state index in [-0.39, 0.29) is 11.4 Å². The average molecular weight is 252 g/mol. The summed E-state index contributed by atoms with van der Waals surface area (Å²) in [6.45, 7) is 9.07. The summed E-state index contributed by atoms with van der Waals surface area (Å²) in [5.74, 6) is 0. The van der Waals surface area contributed by atoms with Gasteiger partial charge >= 0.3 is 6.03 Å². The predicted octanol–water partition coefficient (Wildman–Crippen LogP) is 2.54. The largest absolute Gasteiger partial charge is 0.337 e. The van der Waals surface area contributed by atoms with Crippen LogP contribution < -0.4 is 10.6 Å². The van der Waals surface area contributed by atoms with Gasteiger partial charge in [0.15, 0.2) is 0 Å². The van der Waals surface area contributed by atoms with E-state index in [0.717, 1.165) is 24.2 Å². The third-order valence-corrected chi connectivity index (χ3v) is 3.17. The summed E-state index contributed by atoms with van der Waals surface area (Å²) < 4.78 is 1.71. The Balaban J connectivity index is 2.54. The molecule has 5 nitrogen and oxygen atoms in total. The van der Waals surface area contributed by atoms with Crippen LogP contribution in [0.5, 0.6) is 0 Å². The number of carbonyl (C=O) groups is 1. The maximum absolute atomic E-state index is 11.8. The first-order valence-corrected chi connectivity index (χ1v) is 6.45. The molecule has 18 heavy (non-hydrogen) atoms. The fraction of sp³-hybridized carbons (Fsp3) is 0.692. The topological polar surface area (TPSA) is 59.0 Å². The van der Waals surface area contributed by atoms with Crippen molar-refractivity contribution in [2.45, 2.75) is 40.5 Å². The van der Waals surface area contributed by atoms with Crippen molar-refractivity contribution in [3.8, 4) is 0 Å². The molecule has 1 aromatic rings. The summed E-state index contributed by atoms with van der Waals surface area (Å²) >= 11 is 0. The highest BCUT2D eigenvalue weighted by atomic mass is 16.2. The molecule has 0 bridgehead atoms. The molecule has 0 atom stereocenters. The molecule has 2 amide bonds. The van der Waals surface area contributed by atoms with E-state index >= 15 is 0 Å². The molecular weight excluding hydrogens is 228 g/mol. The molecule has 1 heterocycles.